The van der Waals surface area contributed by atoms with Crippen molar-refractivity contribution in [3.8, 4) is 0 Å². The Kier molecular flexibility index (Phi) is 3.19. The van der Waals surface area contributed by atoms with Gasteiger partial charge in [-0.1, -0.05) is 28.1 Å². The summed E-state index contributed by atoms with van der Waals surface area (Å²) in [6.07, 6.45) is -0.250. The van der Waals surface area contributed by atoms with Crippen LogP contribution in [0.25, 0.3) is 0 Å². The third-order valence-electron chi connectivity index (χ3n) is 2.45. The third kappa shape index (κ3) is 2.65. The molecule has 0 saturated carbocycles. The van der Waals surface area contributed by atoms with Crippen molar-refractivity contribution in [1.29, 1.82) is 0 Å². The van der Waals surface area contributed by atoms with E-state index in [0.717, 1.165) is 4.47 Å². The molecule has 1 heterocycles. The minimum absolute atomic E-state index is 0.100. The van der Waals surface area contributed by atoms with Gasteiger partial charge in [0.15, 0.2) is 5.78 Å². The molecule has 0 atom stereocenters. The Morgan fingerprint density at radius 3 is 2.87 bits per heavy atom. The second-order valence-electron chi connectivity index (χ2n) is 3.78. The zero-order valence-corrected chi connectivity index (χ0v) is 9.77. The lowest BCUT2D eigenvalue weighted by molar-refractivity contribution is 0.00514. The van der Waals surface area contributed by atoms with Crippen molar-refractivity contribution >= 4 is 21.7 Å². The topological polar surface area (TPSA) is 40.5 Å². The average Bonchev–Trinajstić information content (AvgIpc) is 2.15. The quantitative estimate of drug-likeness (QED) is 0.842. The van der Waals surface area contributed by atoms with Crippen LogP contribution in [0.4, 0.5) is 0 Å². The summed E-state index contributed by atoms with van der Waals surface area (Å²) in [4.78, 5) is 13.7. The second kappa shape index (κ2) is 4.43. The van der Waals surface area contributed by atoms with E-state index in [1.807, 2.05) is 29.2 Å². The van der Waals surface area contributed by atoms with Crippen molar-refractivity contribution in [3.63, 3.8) is 0 Å². The fourth-order valence-electron chi connectivity index (χ4n) is 1.63. The second-order valence-corrected chi connectivity index (χ2v) is 4.70. The number of carbonyl (C=O) groups is 1. The van der Waals surface area contributed by atoms with Crippen molar-refractivity contribution < 1.29 is 9.90 Å². The predicted molar refractivity (Wildman–Crippen MR) is 60.9 cm³/mol. The van der Waals surface area contributed by atoms with Crippen LogP contribution >= 0.6 is 15.9 Å². The number of Topliss-reactive ketones (excluding diaryl/α,β-unsaturated/α-hetero) is 1. The molecule has 1 aliphatic rings. The van der Waals surface area contributed by atoms with E-state index in [1.54, 1.807) is 0 Å². The standard InChI is InChI=1S/C11H12BrNO2/c12-9-3-1-2-8(4-9)11(15)7-13-5-10(14)6-13/h1-4,10,14H,5-7H2. The minimum Gasteiger partial charge on any atom is -0.390 e. The Morgan fingerprint density at radius 2 is 2.27 bits per heavy atom. The maximum absolute atomic E-state index is 11.8. The molecule has 0 bridgehead atoms. The summed E-state index contributed by atoms with van der Waals surface area (Å²) in [6.45, 7) is 1.62. The van der Waals surface area contributed by atoms with E-state index in [0.29, 0.717) is 25.2 Å². The fourth-order valence-corrected chi connectivity index (χ4v) is 2.03. The molecule has 1 saturated heterocycles. The first-order valence-corrected chi connectivity index (χ1v) is 5.63. The van der Waals surface area contributed by atoms with Gasteiger partial charge in [0.2, 0.25) is 0 Å². The van der Waals surface area contributed by atoms with Crippen molar-refractivity contribution in [1.82, 2.24) is 4.90 Å². The molecule has 15 heavy (non-hydrogen) atoms. The van der Waals surface area contributed by atoms with Crippen LogP contribution in [0, 0.1) is 0 Å². The van der Waals surface area contributed by atoms with Gasteiger partial charge in [-0.15, -0.1) is 0 Å². The van der Waals surface area contributed by atoms with Crippen LogP contribution in [0.5, 0.6) is 0 Å². The summed E-state index contributed by atoms with van der Waals surface area (Å²) in [5.41, 5.74) is 0.714. The molecule has 4 heteroatoms. The van der Waals surface area contributed by atoms with Gasteiger partial charge in [0, 0.05) is 23.1 Å². The number of aliphatic hydroxyl groups is 1. The highest BCUT2D eigenvalue weighted by Crippen LogP contribution is 2.14. The lowest BCUT2D eigenvalue weighted by atomic mass is 10.1. The van der Waals surface area contributed by atoms with Crippen LogP contribution < -0.4 is 0 Å². The van der Waals surface area contributed by atoms with Gasteiger partial charge in [-0.2, -0.15) is 0 Å². The Labute approximate surface area is 96.8 Å². The van der Waals surface area contributed by atoms with E-state index < -0.39 is 0 Å². The van der Waals surface area contributed by atoms with Gasteiger partial charge in [0.05, 0.1) is 12.6 Å². The molecule has 80 valence electrons. The minimum atomic E-state index is -0.250. The zero-order valence-electron chi connectivity index (χ0n) is 8.19. The molecule has 0 spiro atoms. The number of hydrogen-bond acceptors (Lipinski definition) is 3. The van der Waals surface area contributed by atoms with Crippen LogP contribution in [-0.4, -0.2) is 41.5 Å². The number of benzene rings is 1. The summed E-state index contributed by atoms with van der Waals surface area (Å²) < 4.78 is 0.914. The molecule has 3 nitrogen and oxygen atoms in total. The van der Waals surface area contributed by atoms with E-state index in [9.17, 15) is 4.79 Å². The predicted octanol–water partition coefficient (Wildman–Crippen LogP) is 1.31. The Morgan fingerprint density at radius 1 is 1.53 bits per heavy atom. The Balaban J connectivity index is 1.96. The van der Waals surface area contributed by atoms with Crippen molar-refractivity contribution in [3.05, 3.63) is 34.3 Å². The normalized spacial score (nSPS) is 17.5. The molecule has 0 unspecified atom stereocenters. The van der Waals surface area contributed by atoms with E-state index in [-0.39, 0.29) is 11.9 Å². The van der Waals surface area contributed by atoms with Crippen molar-refractivity contribution in [2.24, 2.45) is 0 Å². The lowest BCUT2D eigenvalue weighted by Crippen LogP contribution is -2.52. The van der Waals surface area contributed by atoms with Crippen LogP contribution in [0.15, 0.2) is 28.7 Å². The van der Waals surface area contributed by atoms with Crippen LogP contribution in [-0.2, 0) is 0 Å². The number of hydrogen-bond donors (Lipinski definition) is 1. The van der Waals surface area contributed by atoms with Gasteiger partial charge < -0.3 is 5.11 Å². The van der Waals surface area contributed by atoms with Gasteiger partial charge in [-0.25, -0.2) is 0 Å². The molecule has 0 radical (unpaired) electrons. The van der Waals surface area contributed by atoms with Crippen molar-refractivity contribution in [2.75, 3.05) is 19.6 Å². The molecule has 2 rings (SSSR count). The molecule has 1 aromatic rings. The number of rotatable bonds is 3. The number of aliphatic hydroxyl groups excluding tert-OH is 1. The van der Waals surface area contributed by atoms with E-state index in [2.05, 4.69) is 15.9 Å². The number of nitrogens with zero attached hydrogens (tertiary/aromatic N) is 1. The smallest absolute Gasteiger partial charge is 0.176 e. The van der Waals surface area contributed by atoms with Crippen LogP contribution in [0.3, 0.4) is 0 Å². The largest absolute Gasteiger partial charge is 0.390 e. The number of ketones is 1. The maximum atomic E-state index is 11.8. The average molecular weight is 270 g/mol. The number of carbonyl (C=O) groups excluding carboxylic acids is 1. The summed E-state index contributed by atoms with van der Waals surface area (Å²) in [5.74, 6) is 0.100. The molecule has 0 aromatic heterocycles. The first kappa shape index (κ1) is 10.8. The summed E-state index contributed by atoms with van der Waals surface area (Å²) in [7, 11) is 0. The highest BCUT2D eigenvalue weighted by Gasteiger charge is 2.26. The van der Waals surface area contributed by atoms with Gasteiger partial charge in [0.25, 0.3) is 0 Å². The third-order valence-corrected chi connectivity index (χ3v) is 2.94. The van der Waals surface area contributed by atoms with Crippen LogP contribution in [0.2, 0.25) is 0 Å². The number of likely N-dealkylation sites (tertiary alicyclic amines) is 1. The van der Waals surface area contributed by atoms with Gasteiger partial charge in [-0.05, 0) is 12.1 Å². The van der Waals surface area contributed by atoms with Crippen LogP contribution in [0.1, 0.15) is 10.4 Å². The molecular formula is C11H12BrNO2. The van der Waals surface area contributed by atoms with E-state index in [1.165, 1.54) is 0 Å². The summed E-state index contributed by atoms with van der Waals surface area (Å²) >= 11 is 3.33. The molecule has 1 N–H and O–H groups in total. The first-order chi connectivity index (χ1) is 7.15. The first-order valence-electron chi connectivity index (χ1n) is 4.84. The highest BCUT2D eigenvalue weighted by atomic mass is 79.9. The monoisotopic (exact) mass is 269 g/mol. The number of halogens is 1. The van der Waals surface area contributed by atoms with Gasteiger partial charge >= 0.3 is 0 Å². The molecule has 1 aliphatic heterocycles. The highest BCUT2D eigenvalue weighted by molar-refractivity contribution is 9.10. The molecule has 1 aromatic carbocycles. The van der Waals surface area contributed by atoms with Gasteiger partial charge in [-0.3, -0.25) is 9.69 Å². The molecule has 0 aliphatic carbocycles. The van der Waals surface area contributed by atoms with Crippen molar-refractivity contribution in [2.45, 2.75) is 6.10 Å². The molecule has 0 amide bonds. The SMILES string of the molecule is O=C(CN1CC(O)C1)c1cccc(Br)c1. The molecule has 1 fully saturated rings. The molecular weight excluding hydrogens is 258 g/mol. The Bertz CT molecular complexity index is 375. The summed E-state index contributed by atoms with van der Waals surface area (Å²) in [5, 5.41) is 9.09. The maximum Gasteiger partial charge on any atom is 0.176 e. The number of β-amino-alcohol motifs (C(OH)–C–C–N with tert-alkyl or cyclic N) is 1. The summed E-state index contributed by atoms with van der Waals surface area (Å²) in [6, 6.07) is 7.37. The van der Waals surface area contributed by atoms with E-state index in [4.69, 9.17) is 5.11 Å². The Hall–Kier alpha value is -0.710. The fraction of sp³-hybridized carbons (Fsp3) is 0.364. The lowest BCUT2D eigenvalue weighted by Gasteiger charge is -2.35. The zero-order chi connectivity index (χ0) is 10.8. The van der Waals surface area contributed by atoms with Gasteiger partial charge in [0.1, 0.15) is 0 Å². The van der Waals surface area contributed by atoms with E-state index >= 15 is 0 Å².